The molecule has 1 N–H and O–H groups in total. The Labute approximate surface area is 228 Å². The summed E-state index contributed by atoms with van der Waals surface area (Å²) >= 11 is 3.56. The highest BCUT2D eigenvalue weighted by Crippen LogP contribution is 2.39. The Bertz CT molecular complexity index is 1840. The molecule has 1 atom stereocenters. The van der Waals surface area contributed by atoms with Crippen LogP contribution in [0.4, 0.5) is 0 Å². The number of pyridine rings is 1. The number of nitrogens with zero attached hydrogens (tertiary/aromatic N) is 2. The Hall–Kier alpha value is -4.01. The van der Waals surface area contributed by atoms with Crippen molar-refractivity contribution in [2.45, 2.75) is 17.4 Å². The number of aromatic amines is 1. The van der Waals surface area contributed by atoms with Gasteiger partial charge in [-0.2, -0.15) is 17.9 Å². The number of H-pyrrole nitrogens is 1. The summed E-state index contributed by atoms with van der Waals surface area (Å²) in [6, 6.07) is 32.4. The Morgan fingerprint density at radius 2 is 1.45 bits per heavy atom. The molecule has 1 aromatic heterocycles. The van der Waals surface area contributed by atoms with Crippen molar-refractivity contribution in [3.05, 3.63) is 135 Å². The first kappa shape index (κ1) is 24.3. The minimum Gasteiger partial charge on any atom is -0.321 e. The van der Waals surface area contributed by atoms with Gasteiger partial charge in [0.15, 0.2) is 0 Å². The Balaban J connectivity index is 1.61. The van der Waals surface area contributed by atoms with Crippen LogP contribution in [-0.2, 0) is 10.0 Å². The van der Waals surface area contributed by atoms with Crippen molar-refractivity contribution in [1.29, 1.82) is 0 Å². The predicted molar refractivity (Wildman–Crippen MR) is 154 cm³/mol. The van der Waals surface area contributed by atoms with Gasteiger partial charge in [-0.25, -0.2) is 0 Å². The molecule has 0 fully saturated rings. The molecule has 0 bridgehead atoms. The zero-order valence-electron chi connectivity index (χ0n) is 20.1. The number of sulfonamides is 1. The first-order valence-electron chi connectivity index (χ1n) is 12.1. The molecule has 38 heavy (non-hydrogen) atoms. The molecule has 6 nitrogen and oxygen atoms in total. The second-order valence-corrected chi connectivity index (χ2v) is 11.7. The van der Waals surface area contributed by atoms with Crippen LogP contribution in [0.5, 0.6) is 0 Å². The van der Waals surface area contributed by atoms with Gasteiger partial charge in [0, 0.05) is 27.4 Å². The van der Waals surface area contributed by atoms with Gasteiger partial charge < -0.3 is 4.98 Å². The van der Waals surface area contributed by atoms with E-state index in [0.29, 0.717) is 16.8 Å². The zero-order chi connectivity index (χ0) is 26.3. The van der Waals surface area contributed by atoms with Crippen molar-refractivity contribution in [3.63, 3.8) is 0 Å². The van der Waals surface area contributed by atoms with Crippen LogP contribution in [0.1, 0.15) is 23.6 Å². The SMILES string of the molecule is O=c1[nH]c2ccc(Br)cc2c(-c2ccccc2)c1C1=NN(S(=O)(=O)c2ccccc2)C(c2ccccc2)C1. The molecule has 8 heteroatoms. The standard InChI is InChI=1S/C30H22BrN3O3S/c31-22-16-17-25-24(18-22)28(21-12-6-2-7-13-21)29(30(35)32-25)26-19-27(20-10-4-1-5-11-20)34(33-26)38(36,37)23-14-8-3-9-15-23/h1-18,27H,19H2,(H,32,35). The van der Waals surface area contributed by atoms with Crippen LogP contribution >= 0.6 is 15.9 Å². The van der Waals surface area contributed by atoms with Gasteiger partial charge in [-0.15, -0.1) is 0 Å². The zero-order valence-corrected chi connectivity index (χ0v) is 22.5. The molecule has 0 amide bonds. The fourth-order valence-electron chi connectivity index (χ4n) is 4.93. The van der Waals surface area contributed by atoms with E-state index in [-0.39, 0.29) is 16.9 Å². The molecule has 1 aliphatic heterocycles. The van der Waals surface area contributed by atoms with Gasteiger partial charge in [0.2, 0.25) is 0 Å². The molecule has 5 aromatic rings. The van der Waals surface area contributed by atoms with Crippen LogP contribution < -0.4 is 5.56 Å². The molecule has 0 spiro atoms. The van der Waals surface area contributed by atoms with Crippen LogP contribution in [-0.4, -0.2) is 23.5 Å². The third-order valence-electron chi connectivity index (χ3n) is 6.67. The lowest BCUT2D eigenvalue weighted by Crippen LogP contribution is -2.27. The van der Waals surface area contributed by atoms with Crippen LogP contribution in [0, 0.1) is 0 Å². The summed E-state index contributed by atoms with van der Waals surface area (Å²) in [6.45, 7) is 0. The number of hydrogen-bond acceptors (Lipinski definition) is 4. The van der Waals surface area contributed by atoms with Crippen LogP contribution in [0.25, 0.3) is 22.0 Å². The summed E-state index contributed by atoms with van der Waals surface area (Å²) in [6.07, 6.45) is 0.249. The van der Waals surface area contributed by atoms with Gasteiger partial charge in [0.25, 0.3) is 15.6 Å². The van der Waals surface area contributed by atoms with Crippen LogP contribution in [0.15, 0.2) is 128 Å². The highest BCUT2D eigenvalue weighted by atomic mass is 79.9. The molecular weight excluding hydrogens is 562 g/mol. The monoisotopic (exact) mass is 583 g/mol. The topological polar surface area (TPSA) is 82.6 Å². The molecule has 2 heterocycles. The molecule has 6 rings (SSSR count). The average molecular weight is 584 g/mol. The summed E-state index contributed by atoms with van der Waals surface area (Å²) in [4.78, 5) is 16.8. The van der Waals surface area contributed by atoms with Gasteiger partial charge in [0.1, 0.15) is 0 Å². The molecular formula is C30H22BrN3O3S. The Kier molecular flexibility index (Phi) is 6.21. The lowest BCUT2D eigenvalue weighted by Gasteiger charge is -2.23. The minimum atomic E-state index is -3.99. The van der Waals surface area contributed by atoms with E-state index in [0.717, 1.165) is 31.0 Å². The highest BCUT2D eigenvalue weighted by Gasteiger charge is 2.39. The molecule has 0 saturated heterocycles. The second-order valence-electron chi connectivity index (χ2n) is 9.03. The first-order chi connectivity index (χ1) is 18.4. The molecule has 0 radical (unpaired) electrons. The highest BCUT2D eigenvalue weighted by molar-refractivity contribution is 9.10. The summed E-state index contributed by atoms with van der Waals surface area (Å²) < 4.78 is 29.7. The van der Waals surface area contributed by atoms with Crippen molar-refractivity contribution in [3.8, 4) is 11.1 Å². The van der Waals surface area contributed by atoms with Gasteiger partial charge in [-0.3, -0.25) is 4.79 Å². The summed E-state index contributed by atoms with van der Waals surface area (Å²) in [5, 5.41) is 5.51. The number of hydrazone groups is 1. The fourth-order valence-corrected chi connectivity index (χ4v) is 6.75. The molecule has 4 aromatic carbocycles. The van der Waals surface area contributed by atoms with Gasteiger partial charge >= 0.3 is 0 Å². The largest absolute Gasteiger partial charge is 0.321 e. The van der Waals surface area contributed by atoms with Crippen molar-refractivity contribution < 1.29 is 8.42 Å². The molecule has 1 unspecified atom stereocenters. The number of aromatic nitrogens is 1. The third kappa shape index (κ3) is 4.25. The van der Waals surface area contributed by atoms with E-state index < -0.39 is 16.1 Å². The quantitative estimate of drug-likeness (QED) is 0.256. The number of hydrogen-bond donors (Lipinski definition) is 1. The summed E-state index contributed by atoms with van der Waals surface area (Å²) in [5.41, 5.74) is 3.52. The van der Waals surface area contributed by atoms with Crippen LogP contribution in [0.3, 0.4) is 0 Å². The van der Waals surface area contributed by atoms with E-state index in [1.165, 1.54) is 0 Å². The third-order valence-corrected chi connectivity index (χ3v) is 8.86. The number of rotatable bonds is 5. The first-order valence-corrected chi connectivity index (χ1v) is 14.3. The minimum absolute atomic E-state index is 0.144. The average Bonchev–Trinajstić information content (AvgIpc) is 3.40. The molecule has 1 aliphatic rings. The van der Waals surface area contributed by atoms with E-state index in [2.05, 4.69) is 26.0 Å². The van der Waals surface area contributed by atoms with Crippen molar-refractivity contribution in [2.75, 3.05) is 0 Å². The molecule has 0 saturated carbocycles. The van der Waals surface area contributed by atoms with E-state index >= 15 is 0 Å². The number of halogens is 1. The predicted octanol–water partition coefficient (Wildman–Crippen LogP) is 6.50. The lowest BCUT2D eigenvalue weighted by atomic mass is 9.91. The van der Waals surface area contributed by atoms with Crippen molar-refractivity contribution >= 4 is 42.6 Å². The summed E-state index contributed by atoms with van der Waals surface area (Å²) in [7, 11) is -3.99. The van der Waals surface area contributed by atoms with Crippen molar-refractivity contribution in [1.82, 2.24) is 9.40 Å². The number of fused-ring (bicyclic) bond motifs is 1. The maximum Gasteiger partial charge on any atom is 0.279 e. The Morgan fingerprint density at radius 1 is 0.816 bits per heavy atom. The fraction of sp³-hybridized carbons (Fsp3) is 0.0667. The van der Waals surface area contributed by atoms with Gasteiger partial charge in [-0.05, 0) is 41.5 Å². The van der Waals surface area contributed by atoms with E-state index in [9.17, 15) is 13.2 Å². The smallest absolute Gasteiger partial charge is 0.279 e. The summed E-state index contributed by atoms with van der Waals surface area (Å²) in [5.74, 6) is 0. The van der Waals surface area contributed by atoms with Gasteiger partial charge in [-0.1, -0.05) is 94.8 Å². The van der Waals surface area contributed by atoms with Crippen molar-refractivity contribution in [2.24, 2.45) is 5.10 Å². The maximum atomic E-state index is 13.8. The number of nitrogens with one attached hydrogen (secondary N) is 1. The van der Waals surface area contributed by atoms with E-state index in [1.54, 1.807) is 30.3 Å². The normalized spacial score (nSPS) is 15.6. The lowest BCUT2D eigenvalue weighted by molar-refractivity contribution is 0.371. The van der Waals surface area contributed by atoms with E-state index in [1.807, 2.05) is 78.9 Å². The second kappa shape index (κ2) is 9.70. The molecule has 188 valence electrons. The maximum absolute atomic E-state index is 13.8. The van der Waals surface area contributed by atoms with Gasteiger partial charge in [0.05, 0.1) is 22.2 Å². The molecule has 0 aliphatic carbocycles. The Morgan fingerprint density at radius 3 is 2.13 bits per heavy atom. The van der Waals surface area contributed by atoms with Crippen LogP contribution in [0.2, 0.25) is 0 Å². The van der Waals surface area contributed by atoms with E-state index in [4.69, 9.17) is 0 Å². The number of benzene rings is 4.